The normalized spacial score (nSPS) is 15.0. The van der Waals surface area contributed by atoms with Crippen LogP contribution in [0, 0.1) is 17.8 Å². The maximum absolute atomic E-state index is 11.7. The van der Waals surface area contributed by atoms with Crippen molar-refractivity contribution in [3.05, 3.63) is 29.8 Å². The smallest absolute Gasteiger partial charge is 0.313 e. The maximum Gasteiger partial charge on any atom is 0.313 e. The highest BCUT2D eigenvalue weighted by atomic mass is 16.3. The van der Waals surface area contributed by atoms with Gasteiger partial charge in [0.25, 0.3) is 0 Å². The predicted octanol–water partition coefficient (Wildman–Crippen LogP) is 0.495. The molecule has 0 unspecified atom stereocenters. The molecule has 1 aromatic rings. The molecule has 0 bridgehead atoms. The summed E-state index contributed by atoms with van der Waals surface area (Å²) in [6, 6.07) is 6.70. The summed E-state index contributed by atoms with van der Waals surface area (Å²) in [5, 5.41) is 14.1. The van der Waals surface area contributed by atoms with Crippen LogP contribution in [0.5, 0.6) is 0 Å². The number of aliphatic hydroxyl groups is 1. The van der Waals surface area contributed by atoms with Gasteiger partial charge in [-0.1, -0.05) is 12.0 Å². The zero-order valence-corrected chi connectivity index (χ0v) is 11.0. The van der Waals surface area contributed by atoms with Crippen molar-refractivity contribution in [2.24, 2.45) is 5.41 Å². The molecule has 5 nitrogen and oxygen atoms in total. The van der Waals surface area contributed by atoms with Gasteiger partial charge in [0.05, 0.1) is 6.61 Å². The molecule has 104 valence electrons. The first-order valence-electron chi connectivity index (χ1n) is 6.35. The predicted molar refractivity (Wildman–Crippen MR) is 74.8 cm³/mol. The summed E-state index contributed by atoms with van der Waals surface area (Å²) >= 11 is 0. The highest BCUT2D eigenvalue weighted by Crippen LogP contribution is 2.44. The van der Waals surface area contributed by atoms with Crippen molar-refractivity contribution >= 4 is 17.5 Å². The van der Waals surface area contributed by atoms with Crippen molar-refractivity contribution in [2.45, 2.75) is 12.8 Å². The maximum atomic E-state index is 11.7. The highest BCUT2D eigenvalue weighted by Gasteiger charge is 2.42. The third-order valence-electron chi connectivity index (χ3n) is 3.41. The third kappa shape index (κ3) is 3.37. The van der Waals surface area contributed by atoms with E-state index >= 15 is 0 Å². The van der Waals surface area contributed by atoms with E-state index in [0.29, 0.717) is 17.8 Å². The first kappa shape index (κ1) is 14.1. The van der Waals surface area contributed by atoms with E-state index < -0.39 is 11.8 Å². The fraction of sp³-hybridized carbons (Fsp3) is 0.333. The van der Waals surface area contributed by atoms with Crippen LogP contribution < -0.4 is 10.6 Å². The Balaban J connectivity index is 1.87. The van der Waals surface area contributed by atoms with Crippen LogP contribution in [-0.4, -0.2) is 30.1 Å². The number of amides is 2. The van der Waals surface area contributed by atoms with Crippen LogP contribution in [0.25, 0.3) is 0 Å². The van der Waals surface area contributed by atoms with Crippen molar-refractivity contribution < 1.29 is 14.7 Å². The second-order valence-corrected chi connectivity index (χ2v) is 5.02. The topological polar surface area (TPSA) is 78.4 Å². The van der Waals surface area contributed by atoms with Crippen molar-refractivity contribution in [2.75, 3.05) is 18.5 Å². The Labute approximate surface area is 117 Å². The molecule has 0 saturated heterocycles. The van der Waals surface area contributed by atoms with E-state index in [-0.39, 0.29) is 12.0 Å². The lowest BCUT2D eigenvalue weighted by Crippen LogP contribution is -2.39. The number of rotatable bonds is 4. The number of aliphatic hydroxyl groups excluding tert-OH is 1. The van der Waals surface area contributed by atoms with Crippen LogP contribution in [0.15, 0.2) is 24.3 Å². The minimum atomic E-state index is -0.743. The molecule has 0 spiro atoms. The summed E-state index contributed by atoms with van der Waals surface area (Å²) in [7, 11) is 0. The molecule has 1 aliphatic carbocycles. The molecule has 0 radical (unpaired) electrons. The van der Waals surface area contributed by atoms with Crippen molar-refractivity contribution in [1.82, 2.24) is 5.32 Å². The molecule has 3 N–H and O–H groups in total. The summed E-state index contributed by atoms with van der Waals surface area (Å²) in [4.78, 5) is 23.3. The quantitative estimate of drug-likeness (QED) is 0.551. The van der Waals surface area contributed by atoms with Crippen LogP contribution in [0.2, 0.25) is 0 Å². The molecule has 2 amide bonds. The number of nitrogens with one attached hydrogen (secondary N) is 2. The Morgan fingerprint density at radius 3 is 2.70 bits per heavy atom. The van der Waals surface area contributed by atoms with Crippen LogP contribution in [0.1, 0.15) is 18.4 Å². The molecule has 1 aromatic carbocycles. The van der Waals surface area contributed by atoms with Gasteiger partial charge in [-0.05, 0) is 31.0 Å². The molecule has 0 heterocycles. The van der Waals surface area contributed by atoms with Gasteiger partial charge in [-0.3, -0.25) is 9.59 Å². The molecular formula is C15H16N2O3. The zero-order chi connectivity index (χ0) is 14.6. The summed E-state index contributed by atoms with van der Waals surface area (Å²) in [6.45, 7) is 0.346. The zero-order valence-electron chi connectivity index (χ0n) is 11.0. The highest BCUT2D eigenvalue weighted by molar-refractivity contribution is 6.39. The molecule has 2 rings (SSSR count). The van der Waals surface area contributed by atoms with Gasteiger partial charge in [0.15, 0.2) is 0 Å². The standard InChI is InChI=1S/C15H16N2O3/c1-2-11-4-3-5-12(8-11)17-14(20)13(19)16-9-15(10-18)6-7-15/h1,3-5,8,18H,6-7,9-10H2,(H,16,19)(H,17,20). The van der Waals surface area contributed by atoms with Gasteiger partial charge >= 0.3 is 11.8 Å². The second kappa shape index (κ2) is 5.76. The largest absolute Gasteiger partial charge is 0.396 e. The van der Waals surface area contributed by atoms with E-state index in [1.165, 1.54) is 0 Å². The molecule has 1 saturated carbocycles. The average molecular weight is 272 g/mol. The molecule has 0 atom stereocenters. The van der Waals surface area contributed by atoms with Crippen LogP contribution in [-0.2, 0) is 9.59 Å². The van der Waals surface area contributed by atoms with Gasteiger partial charge in [-0.15, -0.1) is 6.42 Å². The Kier molecular flexibility index (Phi) is 4.06. The molecule has 20 heavy (non-hydrogen) atoms. The van der Waals surface area contributed by atoms with Gasteiger partial charge in [0.2, 0.25) is 0 Å². The molecule has 5 heteroatoms. The van der Waals surface area contributed by atoms with Gasteiger partial charge < -0.3 is 15.7 Å². The van der Waals surface area contributed by atoms with E-state index in [1.807, 2.05) is 0 Å². The molecule has 1 aliphatic rings. The Hall–Kier alpha value is -2.32. The summed E-state index contributed by atoms with van der Waals surface area (Å²) < 4.78 is 0. The van der Waals surface area contributed by atoms with Crippen molar-refractivity contribution in [1.29, 1.82) is 0 Å². The Morgan fingerprint density at radius 1 is 1.35 bits per heavy atom. The number of anilines is 1. The molecule has 1 fully saturated rings. The number of benzene rings is 1. The lowest BCUT2D eigenvalue weighted by Gasteiger charge is -2.12. The number of carbonyl (C=O) groups excluding carboxylic acids is 2. The monoisotopic (exact) mass is 272 g/mol. The minimum Gasteiger partial charge on any atom is -0.396 e. The average Bonchev–Trinajstić information content (AvgIpc) is 3.25. The minimum absolute atomic E-state index is 0.0269. The molecule has 0 aromatic heterocycles. The van der Waals surface area contributed by atoms with E-state index in [4.69, 9.17) is 11.5 Å². The van der Waals surface area contributed by atoms with Crippen molar-refractivity contribution in [3.8, 4) is 12.3 Å². The Bertz CT molecular complexity index is 571. The number of hydrogen-bond donors (Lipinski definition) is 3. The van der Waals surface area contributed by atoms with E-state index in [2.05, 4.69) is 16.6 Å². The Morgan fingerprint density at radius 2 is 2.10 bits per heavy atom. The summed E-state index contributed by atoms with van der Waals surface area (Å²) in [5.41, 5.74) is 0.878. The fourth-order valence-corrected chi connectivity index (χ4v) is 1.79. The van der Waals surface area contributed by atoms with Crippen LogP contribution >= 0.6 is 0 Å². The van der Waals surface area contributed by atoms with Crippen LogP contribution in [0.3, 0.4) is 0 Å². The number of hydrogen-bond acceptors (Lipinski definition) is 3. The van der Waals surface area contributed by atoms with Crippen LogP contribution in [0.4, 0.5) is 5.69 Å². The van der Waals surface area contributed by atoms with E-state index in [1.54, 1.807) is 24.3 Å². The van der Waals surface area contributed by atoms with Gasteiger partial charge in [0, 0.05) is 23.2 Å². The summed E-state index contributed by atoms with van der Waals surface area (Å²) in [6.07, 6.45) is 7.00. The number of carbonyl (C=O) groups is 2. The fourth-order valence-electron chi connectivity index (χ4n) is 1.79. The third-order valence-corrected chi connectivity index (χ3v) is 3.41. The SMILES string of the molecule is C#Cc1cccc(NC(=O)C(=O)NCC2(CO)CC2)c1. The van der Waals surface area contributed by atoms with E-state index in [9.17, 15) is 9.59 Å². The molecule has 0 aliphatic heterocycles. The number of terminal acetylenes is 1. The first-order valence-corrected chi connectivity index (χ1v) is 6.35. The van der Waals surface area contributed by atoms with Crippen molar-refractivity contribution in [3.63, 3.8) is 0 Å². The first-order chi connectivity index (χ1) is 9.58. The van der Waals surface area contributed by atoms with Gasteiger partial charge in [-0.2, -0.15) is 0 Å². The second-order valence-electron chi connectivity index (χ2n) is 5.02. The lowest BCUT2D eigenvalue weighted by atomic mass is 10.1. The van der Waals surface area contributed by atoms with E-state index in [0.717, 1.165) is 12.8 Å². The molecular weight excluding hydrogens is 256 g/mol. The lowest BCUT2D eigenvalue weighted by molar-refractivity contribution is -0.136. The summed E-state index contributed by atoms with van der Waals surface area (Å²) in [5.74, 6) is 0.996. The van der Waals surface area contributed by atoms with Gasteiger partial charge in [-0.25, -0.2) is 0 Å². The van der Waals surface area contributed by atoms with Gasteiger partial charge in [0.1, 0.15) is 0 Å².